The number of amides is 1. The van der Waals surface area contributed by atoms with Gasteiger partial charge in [0.2, 0.25) is 0 Å². The van der Waals surface area contributed by atoms with Crippen LogP contribution in [0.2, 0.25) is 0 Å². The van der Waals surface area contributed by atoms with E-state index < -0.39 is 0 Å². The maximum Gasteiger partial charge on any atom is 0.256 e. The molecule has 0 radical (unpaired) electrons. The normalized spacial score (nSPS) is 10.3. The van der Waals surface area contributed by atoms with Gasteiger partial charge in [-0.2, -0.15) is 0 Å². The third-order valence-corrected chi connectivity index (χ3v) is 3.46. The van der Waals surface area contributed by atoms with Crippen molar-refractivity contribution in [3.63, 3.8) is 0 Å². The molecule has 0 spiro atoms. The zero-order chi connectivity index (χ0) is 14.0. The van der Waals surface area contributed by atoms with Gasteiger partial charge in [0.1, 0.15) is 5.82 Å². The summed E-state index contributed by atoms with van der Waals surface area (Å²) in [6, 6.07) is 9.79. The first kappa shape index (κ1) is 13.7. The van der Waals surface area contributed by atoms with Crippen molar-refractivity contribution in [2.24, 2.45) is 0 Å². The third kappa shape index (κ3) is 3.20. The molecule has 0 unspecified atom stereocenters. The molecular formula is C15H13BrFNO. The van der Waals surface area contributed by atoms with Crippen LogP contribution in [0.5, 0.6) is 0 Å². The highest BCUT2D eigenvalue weighted by molar-refractivity contribution is 9.10. The SMILES string of the molecule is Cc1ccc(NC(=O)c2ccc(F)cc2Br)c(C)c1. The highest BCUT2D eigenvalue weighted by Crippen LogP contribution is 2.21. The monoisotopic (exact) mass is 321 g/mol. The van der Waals surface area contributed by atoms with Gasteiger partial charge in [0.05, 0.1) is 5.56 Å². The lowest BCUT2D eigenvalue weighted by Crippen LogP contribution is -2.13. The highest BCUT2D eigenvalue weighted by Gasteiger charge is 2.11. The summed E-state index contributed by atoms with van der Waals surface area (Å²) in [5.41, 5.74) is 3.29. The standard InChI is InChI=1S/C15H13BrFNO/c1-9-3-6-14(10(2)7-9)18-15(19)12-5-4-11(17)8-13(12)16/h3-8H,1-2H3,(H,18,19). The molecule has 2 aromatic carbocycles. The summed E-state index contributed by atoms with van der Waals surface area (Å²) >= 11 is 3.19. The molecular weight excluding hydrogens is 309 g/mol. The van der Waals surface area contributed by atoms with Crippen molar-refractivity contribution < 1.29 is 9.18 Å². The molecule has 2 aromatic rings. The molecule has 19 heavy (non-hydrogen) atoms. The van der Waals surface area contributed by atoms with Crippen LogP contribution in [-0.4, -0.2) is 5.91 Å². The highest BCUT2D eigenvalue weighted by atomic mass is 79.9. The van der Waals surface area contributed by atoms with Gasteiger partial charge in [-0.1, -0.05) is 17.7 Å². The molecule has 0 aromatic heterocycles. The minimum atomic E-state index is -0.380. The molecule has 0 fully saturated rings. The van der Waals surface area contributed by atoms with Crippen LogP contribution in [0, 0.1) is 19.7 Å². The average molecular weight is 322 g/mol. The number of carbonyl (C=O) groups is 1. The fraction of sp³-hybridized carbons (Fsp3) is 0.133. The van der Waals surface area contributed by atoms with Gasteiger partial charge in [-0.15, -0.1) is 0 Å². The van der Waals surface area contributed by atoms with Gasteiger partial charge in [0.25, 0.3) is 5.91 Å². The van der Waals surface area contributed by atoms with E-state index in [1.165, 1.54) is 18.2 Å². The molecule has 2 rings (SSSR count). The number of hydrogen-bond donors (Lipinski definition) is 1. The fourth-order valence-electron chi connectivity index (χ4n) is 1.82. The first-order chi connectivity index (χ1) is 8.97. The van der Waals surface area contributed by atoms with Crippen LogP contribution in [-0.2, 0) is 0 Å². The van der Waals surface area contributed by atoms with Gasteiger partial charge in [-0.3, -0.25) is 4.79 Å². The summed E-state index contributed by atoms with van der Waals surface area (Å²) in [5.74, 6) is -0.645. The zero-order valence-corrected chi connectivity index (χ0v) is 12.2. The second kappa shape index (κ2) is 5.53. The Morgan fingerprint density at radius 1 is 1.16 bits per heavy atom. The predicted molar refractivity (Wildman–Crippen MR) is 78.0 cm³/mol. The van der Waals surface area contributed by atoms with E-state index in [1.807, 2.05) is 32.0 Å². The van der Waals surface area contributed by atoms with Gasteiger partial charge >= 0.3 is 0 Å². The van der Waals surface area contributed by atoms with Crippen molar-refractivity contribution in [1.82, 2.24) is 0 Å². The van der Waals surface area contributed by atoms with E-state index >= 15 is 0 Å². The van der Waals surface area contributed by atoms with E-state index in [0.717, 1.165) is 16.8 Å². The lowest BCUT2D eigenvalue weighted by Gasteiger charge is -2.10. The number of carbonyl (C=O) groups excluding carboxylic acids is 1. The molecule has 98 valence electrons. The van der Waals surface area contributed by atoms with Crippen molar-refractivity contribution in [3.05, 3.63) is 63.4 Å². The maximum absolute atomic E-state index is 13.0. The van der Waals surface area contributed by atoms with Crippen molar-refractivity contribution in [3.8, 4) is 0 Å². The molecule has 0 heterocycles. The number of rotatable bonds is 2. The summed E-state index contributed by atoms with van der Waals surface area (Å²) in [4.78, 5) is 12.1. The molecule has 1 N–H and O–H groups in total. The van der Waals surface area contributed by atoms with Crippen LogP contribution >= 0.6 is 15.9 Å². The molecule has 0 saturated carbocycles. The minimum absolute atomic E-state index is 0.265. The van der Waals surface area contributed by atoms with Crippen molar-refractivity contribution in [1.29, 1.82) is 0 Å². The van der Waals surface area contributed by atoms with Crippen molar-refractivity contribution >= 4 is 27.5 Å². The number of halogens is 2. The van der Waals surface area contributed by atoms with Gasteiger partial charge in [-0.25, -0.2) is 4.39 Å². The Kier molecular flexibility index (Phi) is 4.00. The van der Waals surface area contributed by atoms with Crippen molar-refractivity contribution in [2.75, 3.05) is 5.32 Å². The lowest BCUT2D eigenvalue weighted by atomic mass is 10.1. The molecule has 0 bridgehead atoms. The van der Waals surface area contributed by atoms with E-state index in [2.05, 4.69) is 21.2 Å². The summed E-state index contributed by atoms with van der Waals surface area (Å²) in [5, 5.41) is 2.82. The van der Waals surface area contributed by atoms with Crippen LogP contribution < -0.4 is 5.32 Å². The summed E-state index contributed by atoms with van der Waals surface area (Å²) in [6.45, 7) is 3.93. The lowest BCUT2D eigenvalue weighted by molar-refractivity contribution is 0.102. The number of nitrogens with one attached hydrogen (secondary N) is 1. The topological polar surface area (TPSA) is 29.1 Å². The summed E-state index contributed by atoms with van der Waals surface area (Å²) in [7, 11) is 0. The summed E-state index contributed by atoms with van der Waals surface area (Å²) in [6.07, 6.45) is 0. The maximum atomic E-state index is 13.0. The number of hydrogen-bond acceptors (Lipinski definition) is 1. The van der Waals surface area contributed by atoms with Gasteiger partial charge in [-0.05, 0) is 59.6 Å². The Labute approximate surface area is 119 Å². The number of anilines is 1. The molecule has 0 aliphatic carbocycles. The Bertz CT molecular complexity index is 640. The average Bonchev–Trinajstić information content (AvgIpc) is 2.32. The van der Waals surface area contributed by atoms with Crippen LogP contribution in [0.15, 0.2) is 40.9 Å². The Balaban J connectivity index is 2.25. The zero-order valence-electron chi connectivity index (χ0n) is 10.6. The summed E-state index contributed by atoms with van der Waals surface area (Å²) < 4.78 is 13.4. The van der Waals surface area contributed by atoms with Crippen LogP contribution in [0.4, 0.5) is 10.1 Å². The first-order valence-corrected chi connectivity index (χ1v) is 6.60. The number of aryl methyl sites for hydroxylation is 2. The third-order valence-electron chi connectivity index (χ3n) is 2.81. The van der Waals surface area contributed by atoms with Crippen molar-refractivity contribution in [2.45, 2.75) is 13.8 Å². The van der Waals surface area contributed by atoms with Gasteiger partial charge in [0.15, 0.2) is 0 Å². The second-order valence-corrected chi connectivity index (χ2v) is 5.25. The second-order valence-electron chi connectivity index (χ2n) is 4.40. The van der Waals surface area contributed by atoms with Crippen LogP contribution in [0.25, 0.3) is 0 Å². The van der Waals surface area contributed by atoms with Gasteiger partial charge in [0, 0.05) is 10.2 Å². The Morgan fingerprint density at radius 3 is 2.53 bits per heavy atom. The van der Waals surface area contributed by atoms with Crippen LogP contribution in [0.3, 0.4) is 0 Å². The van der Waals surface area contributed by atoms with Crippen LogP contribution in [0.1, 0.15) is 21.5 Å². The smallest absolute Gasteiger partial charge is 0.256 e. The van der Waals surface area contributed by atoms with E-state index in [1.54, 1.807) is 0 Å². The molecule has 0 saturated heterocycles. The molecule has 0 aliphatic rings. The first-order valence-electron chi connectivity index (χ1n) is 5.81. The Morgan fingerprint density at radius 2 is 1.89 bits per heavy atom. The Hall–Kier alpha value is -1.68. The largest absolute Gasteiger partial charge is 0.322 e. The quantitative estimate of drug-likeness (QED) is 0.869. The van der Waals surface area contributed by atoms with Gasteiger partial charge < -0.3 is 5.32 Å². The minimum Gasteiger partial charge on any atom is -0.322 e. The number of benzene rings is 2. The molecule has 4 heteroatoms. The fourth-order valence-corrected chi connectivity index (χ4v) is 2.35. The molecule has 0 atom stereocenters. The predicted octanol–water partition coefficient (Wildman–Crippen LogP) is 4.46. The van der Waals surface area contributed by atoms with E-state index in [9.17, 15) is 9.18 Å². The van der Waals surface area contributed by atoms with E-state index in [-0.39, 0.29) is 11.7 Å². The van der Waals surface area contributed by atoms with E-state index in [4.69, 9.17) is 0 Å². The molecule has 0 aliphatic heterocycles. The molecule has 1 amide bonds. The van der Waals surface area contributed by atoms with E-state index in [0.29, 0.717) is 10.0 Å². The molecule has 2 nitrogen and oxygen atoms in total.